The Labute approximate surface area is 121 Å². The molecule has 2 rings (SSSR count). The minimum Gasteiger partial charge on any atom is -0.347 e. The number of aromatic nitrogens is 1. The number of hydrogen-bond acceptors (Lipinski definition) is 2. The van der Waals surface area contributed by atoms with Crippen molar-refractivity contribution in [1.82, 2.24) is 10.3 Å². The molecule has 0 saturated carbocycles. The number of pyridine rings is 1. The molecule has 2 aromatic rings. The van der Waals surface area contributed by atoms with Gasteiger partial charge in [-0.15, -0.1) is 0 Å². The van der Waals surface area contributed by atoms with Crippen molar-refractivity contribution in [2.45, 2.75) is 13.5 Å². The van der Waals surface area contributed by atoms with Crippen LogP contribution >= 0.6 is 23.2 Å². The molecule has 0 aliphatic carbocycles. The molecule has 1 aromatic heterocycles. The maximum absolute atomic E-state index is 12.0. The molecule has 0 bridgehead atoms. The number of nitrogens with zero attached hydrogens (tertiary/aromatic N) is 1. The molecule has 0 aliphatic heterocycles. The molecular formula is C14H12Cl2N2O. The zero-order valence-electron chi connectivity index (χ0n) is 10.3. The first kappa shape index (κ1) is 13.8. The van der Waals surface area contributed by atoms with Crippen LogP contribution in [0.1, 0.15) is 21.6 Å². The lowest BCUT2D eigenvalue weighted by Gasteiger charge is -2.08. The molecule has 0 aliphatic rings. The van der Waals surface area contributed by atoms with Crippen LogP contribution in [0.2, 0.25) is 10.2 Å². The fourth-order valence-corrected chi connectivity index (χ4v) is 1.98. The van der Waals surface area contributed by atoms with Crippen LogP contribution < -0.4 is 5.32 Å². The fraction of sp³-hybridized carbons (Fsp3) is 0.143. The lowest BCUT2D eigenvalue weighted by atomic mass is 10.1. The van der Waals surface area contributed by atoms with E-state index in [1.807, 2.05) is 31.2 Å². The number of rotatable bonds is 3. The number of aryl methyl sites for hydroxylation is 1. The Morgan fingerprint density at radius 2 is 1.95 bits per heavy atom. The molecule has 1 heterocycles. The van der Waals surface area contributed by atoms with E-state index in [0.717, 1.165) is 11.1 Å². The highest BCUT2D eigenvalue weighted by molar-refractivity contribution is 6.34. The minimum absolute atomic E-state index is 0.141. The van der Waals surface area contributed by atoms with Gasteiger partial charge in [-0.3, -0.25) is 4.79 Å². The maximum atomic E-state index is 12.0. The van der Waals surface area contributed by atoms with Gasteiger partial charge in [0.2, 0.25) is 0 Å². The summed E-state index contributed by atoms with van der Waals surface area (Å²) in [5.41, 5.74) is 2.31. The topological polar surface area (TPSA) is 42.0 Å². The van der Waals surface area contributed by atoms with Gasteiger partial charge in [-0.1, -0.05) is 47.5 Å². The highest BCUT2D eigenvalue weighted by Gasteiger charge is 2.12. The zero-order valence-corrected chi connectivity index (χ0v) is 11.8. The van der Waals surface area contributed by atoms with E-state index in [-0.39, 0.29) is 21.8 Å². The van der Waals surface area contributed by atoms with E-state index in [0.29, 0.717) is 6.54 Å². The van der Waals surface area contributed by atoms with Crippen LogP contribution in [0.3, 0.4) is 0 Å². The maximum Gasteiger partial charge on any atom is 0.271 e. The second kappa shape index (κ2) is 6.04. The average molecular weight is 295 g/mol. The van der Waals surface area contributed by atoms with Gasteiger partial charge in [0.15, 0.2) is 0 Å². The number of carbonyl (C=O) groups excluding carboxylic acids is 1. The summed E-state index contributed by atoms with van der Waals surface area (Å²) in [4.78, 5) is 15.9. The summed E-state index contributed by atoms with van der Waals surface area (Å²) >= 11 is 11.7. The van der Waals surface area contributed by atoms with Crippen molar-refractivity contribution in [2.75, 3.05) is 0 Å². The van der Waals surface area contributed by atoms with Crippen LogP contribution in [-0.2, 0) is 6.54 Å². The van der Waals surface area contributed by atoms with Crippen molar-refractivity contribution in [3.05, 3.63) is 63.4 Å². The lowest BCUT2D eigenvalue weighted by Crippen LogP contribution is -2.24. The first-order valence-electron chi connectivity index (χ1n) is 5.72. The Morgan fingerprint density at radius 3 is 2.68 bits per heavy atom. The van der Waals surface area contributed by atoms with Crippen molar-refractivity contribution in [1.29, 1.82) is 0 Å². The van der Waals surface area contributed by atoms with Gasteiger partial charge < -0.3 is 5.32 Å². The summed E-state index contributed by atoms with van der Waals surface area (Å²) < 4.78 is 0. The van der Waals surface area contributed by atoms with Crippen LogP contribution in [0.15, 0.2) is 36.4 Å². The van der Waals surface area contributed by atoms with Crippen LogP contribution in [0.5, 0.6) is 0 Å². The number of nitrogens with one attached hydrogen (secondary N) is 1. The first-order valence-corrected chi connectivity index (χ1v) is 6.48. The summed E-state index contributed by atoms with van der Waals surface area (Å²) in [6.07, 6.45) is 0. The van der Waals surface area contributed by atoms with E-state index < -0.39 is 0 Å². The number of carbonyl (C=O) groups is 1. The molecule has 0 atom stereocenters. The van der Waals surface area contributed by atoms with Crippen LogP contribution in [-0.4, -0.2) is 10.9 Å². The zero-order chi connectivity index (χ0) is 13.8. The monoisotopic (exact) mass is 294 g/mol. The van der Waals surface area contributed by atoms with Crippen molar-refractivity contribution in [2.24, 2.45) is 0 Å². The predicted octanol–water partition coefficient (Wildman–Crippen LogP) is 3.63. The third kappa shape index (κ3) is 3.46. The number of benzene rings is 1. The van der Waals surface area contributed by atoms with Gasteiger partial charge in [0.25, 0.3) is 5.91 Å². The second-order valence-electron chi connectivity index (χ2n) is 4.07. The molecule has 1 amide bonds. The average Bonchev–Trinajstić information content (AvgIpc) is 2.40. The summed E-state index contributed by atoms with van der Waals surface area (Å²) in [7, 11) is 0. The van der Waals surface area contributed by atoms with Crippen molar-refractivity contribution >= 4 is 29.1 Å². The summed E-state index contributed by atoms with van der Waals surface area (Å²) in [5.74, 6) is -0.337. The molecule has 98 valence electrons. The molecule has 5 heteroatoms. The van der Waals surface area contributed by atoms with Gasteiger partial charge in [-0.05, 0) is 30.2 Å². The number of amides is 1. The van der Waals surface area contributed by atoms with Crippen molar-refractivity contribution in [3.63, 3.8) is 0 Å². The van der Waals surface area contributed by atoms with E-state index in [1.165, 1.54) is 0 Å². The molecule has 19 heavy (non-hydrogen) atoms. The molecule has 1 N–H and O–H groups in total. The van der Waals surface area contributed by atoms with Gasteiger partial charge in [0, 0.05) is 6.54 Å². The Bertz CT molecular complexity index is 614. The fourth-order valence-electron chi connectivity index (χ4n) is 1.65. The van der Waals surface area contributed by atoms with E-state index in [9.17, 15) is 4.79 Å². The van der Waals surface area contributed by atoms with Crippen LogP contribution in [0, 0.1) is 6.92 Å². The molecular weight excluding hydrogens is 283 g/mol. The molecule has 1 aromatic carbocycles. The van der Waals surface area contributed by atoms with E-state index in [1.54, 1.807) is 12.1 Å². The molecule has 0 fully saturated rings. The minimum atomic E-state index is -0.337. The Balaban J connectivity index is 2.10. The van der Waals surface area contributed by atoms with Crippen molar-refractivity contribution < 1.29 is 4.79 Å². The van der Waals surface area contributed by atoms with Gasteiger partial charge in [-0.2, -0.15) is 0 Å². The number of hydrogen-bond donors (Lipinski definition) is 1. The quantitative estimate of drug-likeness (QED) is 0.879. The van der Waals surface area contributed by atoms with Crippen LogP contribution in [0.4, 0.5) is 0 Å². The van der Waals surface area contributed by atoms with Crippen molar-refractivity contribution in [3.8, 4) is 0 Å². The third-order valence-corrected chi connectivity index (χ3v) is 3.24. The molecule has 0 unspecified atom stereocenters. The van der Waals surface area contributed by atoms with Crippen LogP contribution in [0.25, 0.3) is 0 Å². The van der Waals surface area contributed by atoms with E-state index in [2.05, 4.69) is 10.3 Å². The lowest BCUT2D eigenvalue weighted by molar-refractivity contribution is 0.0946. The molecule has 0 spiro atoms. The highest BCUT2D eigenvalue weighted by Crippen LogP contribution is 2.17. The molecule has 0 radical (unpaired) electrons. The second-order valence-corrected chi connectivity index (χ2v) is 4.87. The standard InChI is InChI=1S/C14H12Cl2N2O/c1-9-4-2-3-5-10(9)8-17-14(19)13-11(15)6-7-12(16)18-13/h2-7H,8H2,1H3,(H,17,19). The van der Waals surface area contributed by atoms with E-state index in [4.69, 9.17) is 23.2 Å². The number of halogens is 2. The smallest absolute Gasteiger partial charge is 0.271 e. The van der Waals surface area contributed by atoms with Gasteiger partial charge in [-0.25, -0.2) is 4.98 Å². The third-order valence-electron chi connectivity index (χ3n) is 2.73. The van der Waals surface area contributed by atoms with Gasteiger partial charge >= 0.3 is 0 Å². The van der Waals surface area contributed by atoms with Gasteiger partial charge in [0.1, 0.15) is 10.8 Å². The Hall–Kier alpha value is -1.58. The summed E-state index contributed by atoms with van der Waals surface area (Å²) in [5, 5.41) is 3.30. The largest absolute Gasteiger partial charge is 0.347 e. The predicted molar refractivity (Wildman–Crippen MR) is 76.6 cm³/mol. The highest BCUT2D eigenvalue weighted by atomic mass is 35.5. The first-order chi connectivity index (χ1) is 9.08. The normalized spacial score (nSPS) is 10.3. The van der Waals surface area contributed by atoms with Gasteiger partial charge in [0.05, 0.1) is 5.02 Å². The van der Waals surface area contributed by atoms with E-state index >= 15 is 0 Å². The molecule has 0 saturated heterocycles. The summed E-state index contributed by atoms with van der Waals surface area (Å²) in [6, 6.07) is 10.9. The Kier molecular flexibility index (Phi) is 4.40. The SMILES string of the molecule is Cc1ccccc1CNC(=O)c1nc(Cl)ccc1Cl. The Morgan fingerprint density at radius 1 is 1.21 bits per heavy atom. The molecule has 3 nitrogen and oxygen atoms in total. The summed E-state index contributed by atoms with van der Waals surface area (Å²) in [6.45, 7) is 2.42.